The second-order valence-electron chi connectivity index (χ2n) is 7.77. The van der Waals surface area contributed by atoms with E-state index in [0.29, 0.717) is 18.1 Å². The van der Waals surface area contributed by atoms with Crippen LogP contribution in [0, 0.1) is 0 Å². The highest BCUT2D eigenvalue weighted by molar-refractivity contribution is 5.99. The number of fused-ring (bicyclic) bond motifs is 2. The smallest absolute Gasteiger partial charge is 0.253 e. The number of piperidine rings is 1. The molecule has 2 aliphatic rings. The second-order valence-corrected chi connectivity index (χ2v) is 7.77. The van der Waals surface area contributed by atoms with E-state index >= 15 is 0 Å². The highest BCUT2D eigenvalue weighted by Gasteiger charge is 2.29. The van der Waals surface area contributed by atoms with Gasteiger partial charge in [0.2, 0.25) is 0 Å². The molecular formula is C24H25N3O3. The number of H-pyrrole nitrogens is 1. The second kappa shape index (κ2) is 7.86. The van der Waals surface area contributed by atoms with E-state index < -0.39 is 0 Å². The van der Waals surface area contributed by atoms with Crippen molar-refractivity contribution in [2.45, 2.75) is 25.7 Å². The number of hydrogen-bond acceptors (Lipinski definition) is 4. The molecule has 0 aliphatic carbocycles. The van der Waals surface area contributed by atoms with Crippen LogP contribution in [0.4, 0.5) is 0 Å². The minimum absolute atomic E-state index is 0.0607. The summed E-state index contributed by atoms with van der Waals surface area (Å²) < 4.78 is 11.5. The number of rotatable bonds is 4. The van der Waals surface area contributed by atoms with Crippen molar-refractivity contribution in [3.05, 3.63) is 59.4 Å². The standard InChI is InChI=1S/C24H25N3O3/c1-2-29-21-9-5-6-17-14-18(15-30-22(17)21)24(28)27-12-10-16(11-13-27)23-25-19-7-3-4-8-20(19)26-23/h3-9,14,16H,2,10-13,15H2,1H3,(H,25,26). The first-order chi connectivity index (χ1) is 14.7. The van der Waals surface area contributed by atoms with Crippen LogP contribution in [0.3, 0.4) is 0 Å². The van der Waals surface area contributed by atoms with Crippen LogP contribution in [-0.4, -0.2) is 47.1 Å². The van der Waals surface area contributed by atoms with Crippen LogP contribution in [-0.2, 0) is 4.79 Å². The van der Waals surface area contributed by atoms with Gasteiger partial charge < -0.3 is 19.4 Å². The third-order valence-electron chi connectivity index (χ3n) is 5.86. The zero-order valence-corrected chi connectivity index (χ0v) is 17.1. The number of likely N-dealkylation sites (tertiary alicyclic amines) is 1. The van der Waals surface area contributed by atoms with Crippen LogP contribution in [0.25, 0.3) is 17.1 Å². The Hall–Kier alpha value is -3.28. The van der Waals surface area contributed by atoms with E-state index in [1.54, 1.807) is 0 Å². The van der Waals surface area contributed by atoms with Crippen molar-refractivity contribution in [1.82, 2.24) is 14.9 Å². The van der Waals surface area contributed by atoms with Gasteiger partial charge in [0.05, 0.1) is 23.2 Å². The number of amides is 1. The van der Waals surface area contributed by atoms with Crippen molar-refractivity contribution in [2.75, 3.05) is 26.3 Å². The van der Waals surface area contributed by atoms with E-state index in [4.69, 9.17) is 14.5 Å². The summed E-state index contributed by atoms with van der Waals surface area (Å²) >= 11 is 0. The molecule has 0 radical (unpaired) electrons. The van der Waals surface area contributed by atoms with Crippen molar-refractivity contribution >= 4 is 23.0 Å². The lowest BCUT2D eigenvalue weighted by Crippen LogP contribution is -2.40. The van der Waals surface area contributed by atoms with Gasteiger partial charge in [-0.05, 0) is 44.0 Å². The van der Waals surface area contributed by atoms with E-state index in [1.165, 1.54) is 0 Å². The molecule has 1 fully saturated rings. The van der Waals surface area contributed by atoms with Crippen LogP contribution in [0.2, 0.25) is 0 Å². The lowest BCUT2D eigenvalue weighted by Gasteiger charge is -2.32. The number of imidazole rings is 1. The quantitative estimate of drug-likeness (QED) is 0.711. The van der Waals surface area contributed by atoms with Gasteiger partial charge in [0.1, 0.15) is 12.4 Å². The average Bonchev–Trinajstić information content (AvgIpc) is 3.23. The van der Waals surface area contributed by atoms with Gasteiger partial charge in [0, 0.05) is 24.6 Å². The Bertz CT molecular complexity index is 1080. The van der Waals surface area contributed by atoms with Gasteiger partial charge in [0.15, 0.2) is 11.5 Å². The maximum atomic E-state index is 13.1. The van der Waals surface area contributed by atoms with Crippen molar-refractivity contribution in [3.8, 4) is 11.5 Å². The number of benzene rings is 2. The fourth-order valence-corrected chi connectivity index (χ4v) is 4.30. The molecular weight excluding hydrogens is 378 g/mol. The fraction of sp³-hybridized carbons (Fsp3) is 0.333. The summed E-state index contributed by atoms with van der Waals surface area (Å²) in [5.41, 5.74) is 3.66. The Morgan fingerprint density at radius 2 is 2.03 bits per heavy atom. The van der Waals surface area contributed by atoms with Gasteiger partial charge >= 0.3 is 0 Å². The Kier molecular flexibility index (Phi) is 4.91. The van der Waals surface area contributed by atoms with Crippen LogP contribution in [0.5, 0.6) is 11.5 Å². The Labute approximate surface area is 175 Å². The van der Waals surface area contributed by atoms with Gasteiger partial charge in [-0.3, -0.25) is 4.79 Å². The lowest BCUT2D eigenvalue weighted by molar-refractivity contribution is -0.128. The van der Waals surface area contributed by atoms with Gasteiger partial charge in [-0.15, -0.1) is 0 Å². The van der Waals surface area contributed by atoms with E-state index in [-0.39, 0.29) is 12.5 Å². The molecule has 5 rings (SSSR count). The van der Waals surface area contributed by atoms with Gasteiger partial charge in [-0.25, -0.2) is 4.98 Å². The van der Waals surface area contributed by atoms with Crippen LogP contribution in [0.1, 0.15) is 37.1 Å². The molecule has 0 saturated carbocycles. The maximum Gasteiger partial charge on any atom is 0.253 e. The van der Waals surface area contributed by atoms with E-state index in [9.17, 15) is 4.79 Å². The predicted molar refractivity (Wildman–Crippen MR) is 116 cm³/mol. The molecule has 1 saturated heterocycles. The number of nitrogens with one attached hydrogen (secondary N) is 1. The monoisotopic (exact) mass is 403 g/mol. The molecule has 2 aliphatic heterocycles. The molecule has 0 bridgehead atoms. The zero-order valence-electron chi connectivity index (χ0n) is 17.1. The van der Waals surface area contributed by atoms with Crippen molar-refractivity contribution in [3.63, 3.8) is 0 Å². The zero-order chi connectivity index (χ0) is 20.5. The Morgan fingerprint density at radius 3 is 2.83 bits per heavy atom. The van der Waals surface area contributed by atoms with Crippen molar-refractivity contribution < 1.29 is 14.3 Å². The van der Waals surface area contributed by atoms with Crippen LogP contribution in [0.15, 0.2) is 48.0 Å². The van der Waals surface area contributed by atoms with Crippen LogP contribution >= 0.6 is 0 Å². The highest BCUT2D eigenvalue weighted by atomic mass is 16.5. The maximum absolute atomic E-state index is 13.1. The number of nitrogens with zero attached hydrogens (tertiary/aromatic N) is 2. The minimum atomic E-state index is 0.0607. The van der Waals surface area contributed by atoms with Gasteiger partial charge in [0.25, 0.3) is 5.91 Å². The van der Waals surface area contributed by atoms with E-state index in [1.807, 2.05) is 54.3 Å². The number of carbonyl (C=O) groups excluding carboxylic acids is 1. The van der Waals surface area contributed by atoms with Gasteiger partial charge in [-0.2, -0.15) is 0 Å². The first kappa shape index (κ1) is 18.7. The molecule has 2 aromatic carbocycles. The fourth-order valence-electron chi connectivity index (χ4n) is 4.30. The average molecular weight is 403 g/mol. The number of aromatic nitrogens is 2. The van der Waals surface area contributed by atoms with Crippen molar-refractivity contribution in [2.24, 2.45) is 0 Å². The molecule has 30 heavy (non-hydrogen) atoms. The first-order valence-corrected chi connectivity index (χ1v) is 10.6. The van der Waals surface area contributed by atoms with E-state index in [2.05, 4.69) is 11.1 Å². The predicted octanol–water partition coefficient (Wildman–Crippen LogP) is 4.14. The molecule has 3 heterocycles. The van der Waals surface area contributed by atoms with Gasteiger partial charge in [-0.1, -0.05) is 24.3 Å². The molecule has 0 spiro atoms. The topological polar surface area (TPSA) is 67.5 Å². The van der Waals surface area contributed by atoms with Crippen LogP contribution < -0.4 is 9.47 Å². The third kappa shape index (κ3) is 3.43. The summed E-state index contributed by atoms with van der Waals surface area (Å²) in [5.74, 6) is 2.89. The molecule has 3 aromatic rings. The molecule has 6 heteroatoms. The molecule has 1 amide bonds. The Morgan fingerprint density at radius 1 is 1.20 bits per heavy atom. The summed E-state index contributed by atoms with van der Waals surface area (Å²) in [4.78, 5) is 23.2. The molecule has 0 unspecified atom stereocenters. The summed E-state index contributed by atoms with van der Waals surface area (Å²) in [5, 5.41) is 0. The number of carbonyl (C=O) groups is 1. The number of para-hydroxylation sites is 3. The molecule has 0 atom stereocenters. The number of aromatic amines is 1. The van der Waals surface area contributed by atoms with Crippen molar-refractivity contribution in [1.29, 1.82) is 0 Å². The molecule has 1 N–H and O–H groups in total. The first-order valence-electron chi connectivity index (χ1n) is 10.6. The molecule has 1 aromatic heterocycles. The lowest BCUT2D eigenvalue weighted by atomic mass is 9.95. The third-order valence-corrected chi connectivity index (χ3v) is 5.86. The molecule has 154 valence electrons. The summed E-state index contributed by atoms with van der Waals surface area (Å²) in [6, 6.07) is 13.9. The van der Waals surface area contributed by atoms with E-state index in [0.717, 1.165) is 59.9 Å². The minimum Gasteiger partial charge on any atom is -0.490 e. The summed E-state index contributed by atoms with van der Waals surface area (Å²) in [6.45, 7) is 4.25. The number of ether oxygens (including phenoxy) is 2. The normalized spacial score (nSPS) is 16.7. The largest absolute Gasteiger partial charge is 0.490 e. The summed E-state index contributed by atoms with van der Waals surface area (Å²) in [6.07, 6.45) is 3.75. The Balaban J connectivity index is 1.27. The number of hydrogen-bond donors (Lipinski definition) is 1. The molecule has 6 nitrogen and oxygen atoms in total. The SMILES string of the molecule is CCOc1cccc2c1OCC(C(=O)N1CCC(c3nc4ccccc4[nH]3)CC1)=C2. The highest BCUT2D eigenvalue weighted by Crippen LogP contribution is 2.36. The summed E-state index contributed by atoms with van der Waals surface area (Å²) in [7, 11) is 0.